The number of fused-ring (bicyclic) bond motifs is 1. The molecular formula is C15H11FN4S. The van der Waals surface area contributed by atoms with E-state index in [1.54, 1.807) is 6.07 Å². The highest BCUT2D eigenvalue weighted by Gasteiger charge is 2.24. The van der Waals surface area contributed by atoms with E-state index in [1.807, 2.05) is 11.0 Å². The van der Waals surface area contributed by atoms with Crippen LogP contribution in [0.15, 0.2) is 18.2 Å². The number of benzene rings is 1. The van der Waals surface area contributed by atoms with Crippen LogP contribution in [0.5, 0.6) is 0 Å². The molecule has 1 aromatic carbocycles. The fourth-order valence-corrected chi connectivity index (χ4v) is 3.71. The highest BCUT2D eigenvalue weighted by Crippen LogP contribution is 2.36. The molecule has 0 unspecified atom stereocenters. The van der Waals surface area contributed by atoms with Gasteiger partial charge in [-0.05, 0) is 30.2 Å². The summed E-state index contributed by atoms with van der Waals surface area (Å²) in [4.78, 5) is 3.07. The molecule has 104 valence electrons. The van der Waals surface area contributed by atoms with Gasteiger partial charge < -0.3 is 10.6 Å². The Bertz CT molecular complexity index is 797. The lowest BCUT2D eigenvalue weighted by Crippen LogP contribution is -2.30. The molecule has 0 saturated carbocycles. The van der Waals surface area contributed by atoms with Crippen molar-refractivity contribution in [2.24, 2.45) is 0 Å². The molecule has 0 saturated heterocycles. The summed E-state index contributed by atoms with van der Waals surface area (Å²) in [5.41, 5.74) is 8.50. The van der Waals surface area contributed by atoms with E-state index in [9.17, 15) is 4.39 Å². The van der Waals surface area contributed by atoms with Crippen molar-refractivity contribution in [1.29, 1.82) is 10.5 Å². The summed E-state index contributed by atoms with van der Waals surface area (Å²) in [6, 6.07) is 8.41. The molecule has 0 bridgehead atoms. The number of nitrogens with two attached hydrogens (primary N) is 1. The first kappa shape index (κ1) is 13.4. The zero-order valence-electron chi connectivity index (χ0n) is 11.1. The minimum Gasteiger partial charge on any atom is -0.389 e. The molecule has 3 rings (SSSR count). The minimum absolute atomic E-state index is 0.323. The number of nitriles is 2. The minimum atomic E-state index is -0.417. The smallest absolute Gasteiger partial charge is 0.124 e. The van der Waals surface area contributed by atoms with Crippen molar-refractivity contribution in [2.75, 3.05) is 17.2 Å². The van der Waals surface area contributed by atoms with Crippen LogP contribution in [0.1, 0.15) is 21.6 Å². The highest BCUT2D eigenvalue weighted by molar-refractivity contribution is 7.16. The Kier molecular flexibility index (Phi) is 3.25. The Hall–Kier alpha value is -2.57. The van der Waals surface area contributed by atoms with Crippen LogP contribution in [-0.4, -0.2) is 6.54 Å². The highest BCUT2D eigenvalue weighted by atomic mass is 32.1. The van der Waals surface area contributed by atoms with Crippen molar-refractivity contribution in [3.63, 3.8) is 0 Å². The molecule has 2 aromatic rings. The Morgan fingerprint density at radius 3 is 2.81 bits per heavy atom. The maximum absolute atomic E-state index is 13.2. The van der Waals surface area contributed by atoms with Gasteiger partial charge in [0.05, 0.1) is 23.4 Å². The van der Waals surface area contributed by atoms with E-state index in [1.165, 1.54) is 23.5 Å². The van der Waals surface area contributed by atoms with E-state index < -0.39 is 5.82 Å². The van der Waals surface area contributed by atoms with Crippen LogP contribution in [0.2, 0.25) is 0 Å². The van der Waals surface area contributed by atoms with Crippen molar-refractivity contribution in [1.82, 2.24) is 0 Å². The Labute approximate surface area is 125 Å². The third kappa shape index (κ3) is 2.20. The summed E-state index contributed by atoms with van der Waals surface area (Å²) in [5.74, 6) is -0.417. The maximum Gasteiger partial charge on any atom is 0.124 e. The van der Waals surface area contributed by atoms with Crippen LogP contribution in [0.25, 0.3) is 0 Å². The largest absolute Gasteiger partial charge is 0.389 e. The summed E-state index contributed by atoms with van der Waals surface area (Å²) in [6.07, 6.45) is 0.703. The number of hydrogen-bond donors (Lipinski definition) is 1. The lowest BCUT2D eigenvalue weighted by Gasteiger charge is -2.29. The molecular weight excluding hydrogens is 287 g/mol. The molecule has 2 N–H and O–H groups in total. The zero-order valence-corrected chi connectivity index (χ0v) is 11.9. The first-order valence-electron chi connectivity index (χ1n) is 6.38. The van der Waals surface area contributed by atoms with Gasteiger partial charge in [0, 0.05) is 11.4 Å². The van der Waals surface area contributed by atoms with Crippen LogP contribution < -0.4 is 10.6 Å². The van der Waals surface area contributed by atoms with Crippen LogP contribution in [0.4, 0.5) is 15.1 Å². The van der Waals surface area contributed by atoms with Gasteiger partial charge in [0.1, 0.15) is 23.0 Å². The van der Waals surface area contributed by atoms with Crippen LogP contribution in [-0.2, 0) is 13.0 Å². The molecule has 0 amide bonds. The van der Waals surface area contributed by atoms with E-state index in [0.29, 0.717) is 35.6 Å². The molecule has 0 spiro atoms. The Balaban J connectivity index is 1.98. The van der Waals surface area contributed by atoms with Gasteiger partial charge in [0.25, 0.3) is 0 Å². The number of hydrogen-bond acceptors (Lipinski definition) is 5. The van der Waals surface area contributed by atoms with Crippen molar-refractivity contribution >= 4 is 22.0 Å². The molecule has 0 aliphatic carbocycles. The van der Waals surface area contributed by atoms with E-state index >= 15 is 0 Å². The molecule has 0 radical (unpaired) electrons. The van der Waals surface area contributed by atoms with Gasteiger partial charge in [-0.3, -0.25) is 0 Å². The summed E-state index contributed by atoms with van der Waals surface area (Å²) < 4.78 is 13.2. The predicted molar refractivity (Wildman–Crippen MR) is 79.3 cm³/mol. The van der Waals surface area contributed by atoms with E-state index in [2.05, 4.69) is 6.07 Å². The molecule has 4 nitrogen and oxygen atoms in total. The van der Waals surface area contributed by atoms with Crippen LogP contribution in [0, 0.1) is 28.5 Å². The summed E-state index contributed by atoms with van der Waals surface area (Å²) in [5, 5.41) is 18.8. The van der Waals surface area contributed by atoms with Crippen LogP contribution in [0.3, 0.4) is 0 Å². The van der Waals surface area contributed by atoms with Gasteiger partial charge in [-0.2, -0.15) is 10.5 Å². The Morgan fingerprint density at radius 1 is 1.29 bits per heavy atom. The molecule has 1 aliphatic heterocycles. The van der Waals surface area contributed by atoms with Crippen molar-refractivity contribution in [3.8, 4) is 12.1 Å². The van der Waals surface area contributed by atoms with Crippen molar-refractivity contribution in [2.45, 2.75) is 13.0 Å². The second-order valence-corrected chi connectivity index (χ2v) is 5.94. The van der Waals surface area contributed by atoms with Gasteiger partial charge in [-0.25, -0.2) is 4.39 Å². The third-order valence-corrected chi connectivity index (χ3v) is 4.66. The molecule has 0 atom stereocenters. The molecule has 21 heavy (non-hydrogen) atoms. The SMILES string of the molecule is N#Cc1cc(F)ccc1N1CCc2c(sc(N)c2C#N)C1. The number of nitrogen functional groups attached to an aromatic ring is 1. The van der Waals surface area contributed by atoms with Crippen molar-refractivity contribution in [3.05, 3.63) is 45.6 Å². The monoisotopic (exact) mass is 298 g/mol. The predicted octanol–water partition coefficient (Wildman–Crippen LogP) is 2.78. The quantitative estimate of drug-likeness (QED) is 0.878. The standard InChI is InChI=1S/C15H11FN4S/c16-10-1-2-13(9(5-10)6-17)20-4-3-11-12(7-18)15(19)21-14(11)8-20/h1-2,5H,3-4,8,19H2. The molecule has 2 heterocycles. The van der Waals surface area contributed by atoms with Gasteiger partial charge in [-0.15, -0.1) is 11.3 Å². The Morgan fingerprint density at radius 2 is 2.10 bits per heavy atom. The zero-order chi connectivity index (χ0) is 15.0. The molecule has 1 aromatic heterocycles. The summed E-state index contributed by atoms with van der Waals surface area (Å²) >= 11 is 1.41. The lowest BCUT2D eigenvalue weighted by atomic mass is 10.0. The molecule has 1 aliphatic rings. The second kappa shape index (κ2) is 5.08. The molecule has 6 heteroatoms. The first-order chi connectivity index (χ1) is 10.1. The average Bonchev–Trinajstić information content (AvgIpc) is 2.81. The summed E-state index contributed by atoms with van der Waals surface area (Å²) in [6.45, 7) is 1.27. The lowest BCUT2D eigenvalue weighted by molar-refractivity contribution is 0.626. The van der Waals surface area contributed by atoms with Gasteiger partial charge >= 0.3 is 0 Å². The summed E-state index contributed by atoms with van der Waals surface area (Å²) in [7, 11) is 0. The van der Waals surface area contributed by atoms with Gasteiger partial charge in [0.15, 0.2) is 0 Å². The number of anilines is 2. The number of thiophene rings is 1. The van der Waals surface area contributed by atoms with E-state index in [-0.39, 0.29) is 0 Å². The second-order valence-electron chi connectivity index (χ2n) is 4.80. The normalized spacial score (nSPS) is 13.4. The third-order valence-electron chi connectivity index (χ3n) is 3.62. The van der Waals surface area contributed by atoms with E-state index in [4.69, 9.17) is 16.3 Å². The van der Waals surface area contributed by atoms with Gasteiger partial charge in [-0.1, -0.05) is 0 Å². The number of halogens is 1. The van der Waals surface area contributed by atoms with Crippen LogP contribution >= 0.6 is 11.3 Å². The topological polar surface area (TPSA) is 76.8 Å². The van der Waals surface area contributed by atoms with E-state index in [0.717, 1.165) is 16.1 Å². The number of nitrogens with zero attached hydrogens (tertiary/aromatic N) is 3. The fraction of sp³-hybridized carbons (Fsp3) is 0.200. The van der Waals surface area contributed by atoms with Crippen molar-refractivity contribution < 1.29 is 4.39 Å². The number of rotatable bonds is 1. The average molecular weight is 298 g/mol. The van der Waals surface area contributed by atoms with Gasteiger partial charge in [0.2, 0.25) is 0 Å². The first-order valence-corrected chi connectivity index (χ1v) is 7.20. The maximum atomic E-state index is 13.2. The molecule has 0 fully saturated rings. The fourth-order valence-electron chi connectivity index (χ4n) is 2.63.